The molecule has 0 aliphatic rings. The molecule has 0 radical (unpaired) electrons. The lowest BCUT2D eigenvalue weighted by atomic mass is 10.2. The van der Waals surface area contributed by atoms with Crippen molar-refractivity contribution in [1.29, 1.82) is 0 Å². The Hall–Kier alpha value is -2.41. The van der Waals surface area contributed by atoms with Crippen LogP contribution < -0.4 is 37.6 Å². The van der Waals surface area contributed by atoms with Gasteiger partial charge in [0.25, 0.3) is 0 Å². The highest BCUT2D eigenvalue weighted by Crippen LogP contribution is 2.58. The van der Waals surface area contributed by atoms with Crippen LogP contribution in [0.5, 0.6) is 5.75 Å². The lowest BCUT2D eigenvalue weighted by Gasteiger charge is -2.28. The van der Waals surface area contributed by atoms with Crippen LogP contribution in [0.15, 0.2) is 115 Å². The molecule has 3 heteroatoms. The smallest absolute Gasteiger partial charge is 0.126 e. The summed E-state index contributed by atoms with van der Waals surface area (Å²) < 4.78 is 6.22. The molecule has 0 atom stereocenters. The van der Waals surface area contributed by atoms with Gasteiger partial charge < -0.3 is 21.7 Å². The van der Waals surface area contributed by atoms with Crippen LogP contribution in [0, 0.1) is 0 Å². The molecule has 0 heterocycles. The molecule has 0 aromatic heterocycles. The summed E-state index contributed by atoms with van der Waals surface area (Å²) in [5.41, 5.74) is 1.26. The maximum absolute atomic E-state index is 6.22. The van der Waals surface area contributed by atoms with E-state index in [2.05, 4.69) is 129 Å². The van der Waals surface area contributed by atoms with Crippen molar-refractivity contribution in [3.8, 4) is 5.75 Å². The van der Waals surface area contributed by atoms with E-state index in [1.165, 1.54) is 21.5 Å². The van der Waals surface area contributed by atoms with Crippen molar-refractivity contribution in [1.82, 2.24) is 0 Å². The van der Waals surface area contributed by atoms with Gasteiger partial charge in [0.2, 0.25) is 0 Å². The largest absolute Gasteiger partial charge is 1.00 e. The summed E-state index contributed by atoms with van der Waals surface area (Å²) >= 11 is 0. The number of hydrogen-bond donors (Lipinski definition) is 0. The van der Waals surface area contributed by atoms with Crippen LogP contribution in [0.3, 0.4) is 0 Å². The Morgan fingerprint density at radius 1 is 0.581 bits per heavy atom. The summed E-state index contributed by atoms with van der Waals surface area (Å²) in [5.74, 6) is 0.986. The Balaban J connectivity index is 0.00000272. The maximum Gasteiger partial charge on any atom is 0.126 e. The predicted octanol–water partition coefficient (Wildman–Crippen LogP) is 2.97. The van der Waals surface area contributed by atoms with Gasteiger partial charge in [0.05, 0.1) is 6.10 Å². The fourth-order valence-corrected chi connectivity index (χ4v) is 8.29. The summed E-state index contributed by atoms with van der Waals surface area (Å²) in [6.45, 7) is 4.18. The highest BCUT2D eigenvalue weighted by atomic mass is 79.9. The Morgan fingerprint density at radius 2 is 0.968 bits per heavy atom. The topological polar surface area (TPSA) is 9.23 Å². The van der Waals surface area contributed by atoms with Gasteiger partial charge in [0.1, 0.15) is 35.1 Å². The normalized spacial score (nSPS) is 11.1. The Bertz CT molecular complexity index is 969. The molecule has 4 aromatic carbocycles. The van der Waals surface area contributed by atoms with Gasteiger partial charge in [0, 0.05) is 5.56 Å². The molecular formula is C28H28BrOP. The van der Waals surface area contributed by atoms with Crippen LogP contribution in [-0.4, -0.2) is 6.10 Å². The molecule has 0 bridgehead atoms. The molecule has 0 fully saturated rings. The monoisotopic (exact) mass is 490 g/mol. The average Bonchev–Trinajstić information content (AvgIpc) is 2.80. The van der Waals surface area contributed by atoms with Gasteiger partial charge in [-0.25, -0.2) is 0 Å². The van der Waals surface area contributed by atoms with Gasteiger partial charge >= 0.3 is 0 Å². The van der Waals surface area contributed by atoms with Crippen molar-refractivity contribution in [3.05, 3.63) is 121 Å². The van der Waals surface area contributed by atoms with Crippen LogP contribution in [0.4, 0.5) is 0 Å². The van der Waals surface area contributed by atoms with E-state index in [1.54, 1.807) is 0 Å². The molecule has 0 amide bonds. The molecule has 158 valence electrons. The quantitative estimate of drug-likeness (QED) is 0.362. The van der Waals surface area contributed by atoms with E-state index in [0.717, 1.165) is 11.9 Å². The van der Waals surface area contributed by atoms with E-state index < -0.39 is 7.26 Å². The number of halogens is 1. The van der Waals surface area contributed by atoms with E-state index in [-0.39, 0.29) is 23.1 Å². The Morgan fingerprint density at radius 3 is 1.39 bits per heavy atom. The standard InChI is InChI=1S/C28H28OP.BrH/c1-23(2)29-28-21-13-12-14-24(28)22-30(25-15-6-3-7-16-25,26-17-8-4-9-18-26)27-19-10-5-11-20-27;/h3-21,23H,22H2,1-2H3;1H/q+1;/p-1. The third kappa shape index (κ3) is 5.09. The molecule has 31 heavy (non-hydrogen) atoms. The predicted molar refractivity (Wildman–Crippen MR) is 131 cm³/mol. The summed E-state index contributed by atoms with van der Waals surface area (Å²) in [6.07, 6.45) is 1.07. The first-order chi connectivity index (χ1) is 14.7. The number of benzene rings is 4. The summed E-state index contributed by atoms with van der Waals surface area (Å²) in [6, 6.07) is 41.5. The number of para-hydroxylation sites is 1. The second-order valence-corrected chi connectivity index (χ2v) is 11.2. The second kappa shape index (κ2) is 10.8. The zero-order valence-electron chi connectivity index (χ0n) is 18.0. The molecule has 0 spiro atoms. The van der Waals surface area contributed by atoms with Crippen molar-refractivity contribution >= 4 is 23.2 Å². The molecule has 0 N–H and O–H groups in total. The van der Waals surface area contributed by atoms with Crippen molar-refractivity contribution in [2.45, 2.75) is 26.1 Å². The van der Waals surface area contributed by atoms with E-state index in [9.17, 15) is 0 Å². The van der Waals surface area contributed by atoms with Crippen molar-refractivity contribution in [2.75, 3.05) is 0 Å². The lowest BCUT2D eigenvalue weighted by molar-refractivity contribution is -0.00000710. The summed E-state index contributed by atoms with van der Waals surface area (Å²) in [4.78, 5) is 0. The number of hydrogen-bond acceptors (Lipinski definition) is 1. The maximum atomic E-state index is 6.22. The summed E-state index contributed by atoms with van der Waals surface area (Å²) in [7, 11) is -1.93. The van der Waals surface area contributed by atoms with Gasteiger partial charge in [-0.3, -0.25) is 0 Å². The first-order valence-electron chi connectivity index (χ1n) is 10.5. The minimum absolute atomic E-state index is 0. The molecule has 0 saturated heterocycles. The summed E-state index contributed by atoms with van der Waals surface area (Å²) in [5, 5.41) is 4.17. The van der Waals surface area contributed by atoms with E-state index in [0.29, 0.717) is 0 Å². The minimum Gasteiger partial charge on any atom is -1.00 e. The third-order valence-corrected chi connectivity index (χ3v) is 9.69. The first kappa shape index (κ1) is 23.3. The lowest BCUT2D eigenvalue weighted by Crippen LogP contribution is -3.00. The minimum atomic E-state index is -1.93. The van der Waals surface area contributed by atoms with Crippen molar-refractivity contribution in [2.24, 2.45) is 0 Å². The molecular weight excluding hydrogens is 463 g/mol. The van der Waals surface area contributed by atoms with E-state index in [1.807, 2.05) is 0 Å². The van der Waals surface area contributed by atoms with E-state index in [4.69, 9.17) is 4.74 Å². The molecule has 4 aromatic rings. The molecule has 0 aliphatic heterocycles. The first-order valence-corrected chi connectivity index (χ1v) is 12.5. The van der Waals surface area contributed by atoms with Gasteiger partial charge in [-0.2, -0.15) is 0 Å². The molecule has 1 nitrogen and oxygen atoms in total. The second-order valence-electron chi connectivity index (χ2n) is 7.75. The third-order valence-electron chi connectivity index (χ3n) is 5.33. The zero-order chi connectivity index (χ0) is 20.8. The van der Waals surface area contributed by atoms with Gasteiger partial charge in [0.15, 0.2) is 0 Å². The van der Waals surface area contributed by atoms with Crippen molar-refractivity contribution < 1.29 is 21.7 Å². The van der Waals surface area contributed by atoms with Gasteiger partial charge in [-0.1, -0.05) is 72.8 Å². The SMILES string of the molecule is CC(C)Oc1ccccc1C[P+](c1ccccc1)(c1ccccc1)c1ccccc1.[Br-]. The zero-order valence-corrected chi connectivity index (χ0v) is 20.5. The molecule has 0 aliphatic carbocycles. The molecule has 4 rings (SSSR count). The fourth-order valence-electron chi connectivity index (χ4n) is 4.03. The van der Waals surface area contributed by atoms with Crippen LogP contribution in [0.25, 0.3) is 0 Å². The molecule has 0 unspecified atom stereocenters. The van der Waals surface area contributed by atoms with E-state index >= 15 is 0 Å². The highest BCUT2D eigenvalue weighted by Gasteiger charge is 2.45. The van der Waals surface area contributed by atoms with Gasteiger partial charge in [-0.05, 0) is 56.3 Å². The van der Waals surface area contributed by atoms with Crippen LogP contribution in [0.2, 0.25) is 0 Å². The van der Waals surface area contributed by atoms with Crippen LogP contribution in [-0.2, 0) is 6.16 Å². The molecule has 0 saturated carbocycles. The highest BCUT2D eigenvalue weighted by molar-refractivity contribution is 7.95. The van der Waals surface area contributed by atoms with Crippen LogP contribution >= 0.6 is 7.26 Å². The average molecular weight is 491 g/mol. The fraction of sp³-hybridized carbons (Fsp3) is 0.143. The Labute approximate surface area is 197 Å². The number of ether oxygens (including phenoxy) is 1. The van der Waals surface area contributed by atoms with Crippen molar-refractivity contribution in [3.63, 3.8) is 0 Å². The Kier molecular flexibility index (Phi) is 8.07. The van der Waals surface area contributed by atoms with Gasteiger partial charge in [-0.15, -0.1) is 0 Å². The van der Waals surface area contributed by atoms with Crippen LogP contribution in [0.1, 0.15) is 19.4 Å². The number of rotatable bonds is 7.